The number of aromatic amines is 1. The highest BCUT2D eigenvalue weighted by atomic mass is 16.6. The minimum atomic E-state index is -0.652. The summed E-state index contributed by atoms with van der Waals surface area (Å²) in [5.41, 5.74) is 3.91. The van der Waals surface area contributed by atoms with E-state index in [9.17, 15) is 24.0 Å². The number of fused-ring (bicyclic) bond motifs is 1. The van der Waals surface area contributed by atoms with Crippen LogP contribution < -0.4 is 16.3 Å². The number of likely N-dealkylation sites (N-methyl/N-ethyl adjacent to an activating group) is 1. The predicted molar refractivity (Wildman–Crippen MR) is 212 cm³/mol. The largest absolute Gasteiger partial charge is 0.446 e. The molecule has 3 aromatic heterocycles. The summed E-state index contributed by atoms with van der Waals surface area (Å²) in [7, 11) is 3.22. The van der Waals surface area contributed by atoms with Gasteiger partial charge in [0.05, 0.1) is 22.8 Å². The molecule has 4 aromatic rings. The lowest BCUT2D eigenvalue weighted by Crippen LogP contribution is -2.45. The fraction of sp³-hybridized carbons (Fsp3) is 0.585. The molecular formula is C41H57N9O6. The van der Waals surface area contributed by atoms with Crippen LogP contribution in [0.4, 0.5) is 10.6 Å². The number of alkyl carbamates (subject to hydrolysis) is 1. The Hall–Kier alpha value is -5.21. The SMILES string of the molecule is CC(C)NC(=O)O[C@@H]1CC[C@H](c2cc(NC(=O)c3cnn(CCCCCCCCCCCc4ccc5c(c4)n(C)c(=O)n5C4CCC(=O)N(C)C4=O)c3)n[nH]2)C1. The number of H-pyrrole nitrogens is 1. The third kappa shape index (κ3) is 9.96. The van der Waals surface area contributed by atoms with E-state index in [1.54, 1.807) is 28.6 Å². The number of hydrogen-bond acceptors (Lipinski definition) is 8. The number of imide groups is 1. The van der Waals surface area contributed by atoms with E-state index in [-0.39, 0.29) is 54.0 Å². The van der Waals surface area contributed by atoms with Crippen LogP contribution in [0, 0.1) is 0 Å². The number of amides is 4. The maximum atomic E-state index is 13.1. The van der Waals surface area contributed by atoms with E-state index in [4.69, 9.17) is 4.74 Å². The first-order valence-electron chi connectivity index (χ1n) is 20.3. The van der Waals surface area contributed by atoms with Gasteiger partial charge in [0.15, 0.2) is 5.82 Å². The number of carbonyl (C=O) groups is 4. The van der Waals surface area contributed by atoms with E-state index in [2.05, 4.69) is 38.1 Å². The van der Waals surface area contributed by atoms with Gasteiger partial charge in [-0.1, -0.05) is 51.0 Å². The number of likely N-dealkylation sites (tertiary alicyclic amines) is 1. The lowest BCUT2D eigenvalue weighted by molar-refractivity contribution is -0.149. The van der Waals surface area contributed by atoms with E-state index in [0.717, 1.165) is 73.1 Å². The summed E-state index contributed by atoms with van der Waals surface area (Å²) >= 11 is 0. The van der Waals surface area contributed by atoms with E-state index in [1.165, 1.54) is 44.7 Å². The quantitative estimate of drug-likeness (QED) is 0.0773. The zero-order valence-corrected chi connectivity index (χ0v) is 33.2. The maximum absolute atomic E-state index is 13.1. The van der Waals surface area contributed by atoms with Gasteiger partial charge < -0.3 is 15.4 Å². The van der Waals surface area contributed by atoms with Crippen LogP contribution in [0.1, 0.15) is 137 Å². The van der Waals surface area contributed by atoms with Crippen molar-refractivity contribution in [3.8, 4) is 0 Å². The van der Waals surface area contributed by atoms with Crippen molar-refractivity contribution in [1.29, 1.82) is 0 Å². The minimum absolute atomic E-state index is 0.0291. The molecule has 15 nitrogen and oxygen atoms in total. The molecule has 4 heterocycles. The molecule has 1 aliphatic heterocycles. The summed E-state index contributed by atoms with van der Waals surface area (Å²) in [5, 5.41) is 17.3. The van der Waals surface area contributed by atoms with Crippen molar-refractivity contribution < 1.29 is 23.9 Å². The zero-order valence-electron chi connectivity index (χ0n) is 33.2. The van der Waals surface area contributed by atoms with Gasteiger partial charge in [0.1, 0.15) is 12.1 Å². The number of anilines is 1. The number of benzene rings is 1. The van der Waals surface area contributed by atoms with Gasteiger partial charge in [-0.25, -0.2) is 9.59 Å². The number of ether oxygens (including phenoxy) is 1. The minimum Gasteiger partial charge on any atom is -0.446 e. The van der Waals surface area contributed by atoms with Crippen molar-refractivity contribution in [2.75, 3.05) is 12.4 Å². The summed E-state index contributed by atoms with van der Waals surface area (Å²) in [4.78, 5) is 63.9. The summed E-state index contributed by atoms with van der Waals surface area (Å²) in [5.74, 6) is -0.137. The van der Waals surface area contributed by atoms with Crippen molar-refractivity contribution in [2.24, 2.45) is 7.05 Å². The molecule has 2 fully saturated rings. The molecule has 1 aliphatic carbocycles. The maximum Gasteiger partial charge on any atom is 0.407 e. The highest BCUT2D eigenvalue weighted by Gasteiger charge is 2.35. The van der Waals surface area contributed by atoms with Crippen LogP contribution >= 0.6 is 0 Å². The first-order valence-corrected chi connectivity index (χ1v) is 20.3. The van der Waals surface area contributed by atoms with Gasteiger partial charge >= 0.3 is 11.8 Å². The number of rotatable bonds is 18. The number of aryl methyl sites for hydroxylation is 3. The Bertz CT molecular complexity index is 2060. The number of hydrogen-bond donors (Lipinski definition) is 3. The normalized spacial score (nSPS) is 18.7. The highest BCUT2D eigenvalue weighted by Crippen LogP contribution is 2.36. The molecule has 15 heteroatoms. The Morgan fingerprint density at radius 2 is 1.66 bits per heavy atom. The van der Waals surface area contributed by atoms with E-state index in [0.29, 0.717) is 24.2 Å². The number of nitrogens with one attached hydrogen (secondary N) is 3. The van der Waals surface area contributed by atoms with E-state index < -0.39 is 6.04 Å². The van der Waals surface area contributed by atoms with Crippen LogP contribution in [-0.4, -0.2) is 77.0 Å². The van der Waals surface area contributed by atoms with Crippen LogP contribution in [0.5, 0.6) is 0 Å². The summed E-state index contributed by atoms with van der Waals surface area (Å²) in [6.07, 6.45) is 17.1. The monoisotopic (exact) mass is 771 g/mol. The number of piperidine rings is 1. The Labute approximate surface area is 327 Å². The van der Waals surface area contributed by atoms with Gasteiger partial charge in [0, 0.05) is 57.0 Å². The van der Waals surface area contributed by atoms with Crippen LogP contribution in [0.2, 0.25) is 0 Å². The van der Waals surface area contributed by atoms with Crippen LogP contribution in [0.15, 0.2) is 41.5 Å². The second-order valence-electron chi connectivity index (χ2n) is 15.8. The van der Waals surface area contributed by atoms with Crippen LogP contribution in [0.3, 0.4) is 0 Å². The number of aromatic nitrogens is 6. The zero-order chi connectivity index (χ0) is 39.8. The Balaban J connectivity index is 0.821. The van der Waals surface area contributed by atoms with Gasteiger partial charge in [-0.15, -0.1) is 0 Å². The molecule has 0 bridgehead atoms. The van der Waals surface area contributed by atoms with Crippen LogP contribution in [0.25, 0.3) is 11.0 Å². The fourth-order valence-corrected chi connectivity index (χ4v) is 8.00. The van der Waals surface area contributed by atoms with Crippen LogP contribution in [-0.2, 0) is 34.3 Å². The van der Waals surface area contributed by atoms with Gasteiger partial charge in [-0.3, -0.25) is 38.2 Å². The molecule has 302 valence electrons. The second-order valence-corrected chi connectivity index (χ2v) is 15.8. The fourth-order valence-electron chi connectivity index (χ4n) is 8.00. The Morgan fingerprint density at radius 1 is 0.929 bits per heavy atom. The third-order valence-electron chi connectivity index (χ3n) is 11.2. The smallest absolute Gasteiger partial charge is 0.407 e. The number of imidazole rings is 1. The molecule has 0 radical (unpaired) electrons. The highest BCUT2D eigenvalue weighted by molar-refractivity contribution is 6.03. The number of unbranched alkanes of at least 4 members (excludes halogenated alkanes) is 8. The Kier molecular flexibility index (Phi) is 13.4. The van der Waals surface area contributed by atoms with Gasteiger partial charge in [0.25, 0.3) is 11.8 Å². The Morgan fingerprint density at radius 3 is 2.41 bits per heavy atom. The van der Waals surface area contributed by atoms with Gasteiger partial charge in [0.2, 0.25) is 5.91 Å². The molecule has 2 aliphatic rings. The predicted octanol–water partition coefficient (Wildman–Crippen LogP) is 6.36. The van der Waals surface area contributed by atoms with Crippen molar-refractivity contribution >= 4 is 40.7 Å². The standard InChI is InChI=1S/C41H57N9O6/c1-27(2)43-40(54)56-31-17-16-29(23-31)32-24-36(46-45-32)44-38(52)30-25-42-49(26-30)21-13-11-9-7-5-6-8-10-12-14-28-15-18-33-35(22-28)47(3)41(55)50(33)34-19-20-37(51)48(4)39(34)53/h15,18,22,24-27,29,31,34H,5-14,16-17,19-21,23H2,1-4H3,(H,43,54)(H2,44,45,46,52)/t29-,31+,34?/m0/s1. The van der Waals surface area contributed by atoms with Crippen molar-refractivity contribution in [1.82, 2.24) is 39.3 Å². The first-order chi connectivity index (χ1) is 27.0. The number of nitrogens with zero attached hydrogens (tertiary/aromatic N) is 6. The third-order valence-corrected chi connectivity index (χ3v) is 11.2. The topological polar surface area (TPSA) is 178 Å². The van der Waals surface area contributed by atoms with Crippen molar-refractivity contribution in [3.05, 3.63) is 64.0 Å². The molecule has 0 spiro atoms. The van der Waals surface area contributed by atoms with Crippen molar-refractivity contribution in [2.45, 2.75) is 141 Å². The van der Waals surface area contributed by atoms with Crippen molar-refractivity contribution in [3.63, 3.8) is 0 Å². The molecule has 6 rings (SSSR count). The molecule has 1 saturated heterocycles. The lowest BCUT2D eigenvalue weighted by atomic mass is 10.0. The lowest BCUT2D eigenvalue weighted by Gasteiger charge is -2.28. The molecule has 3 N–H and O–H groups in total. The summed E-state index contributed by atoms with van der Waals surface area (Å²) in [6.45, 7) is 4.56. The number of carbonyl (C=O) groups excluding carboxylic acids is 4. The molecule has 56 heavy (non-hydrogen) atoms. The molecule has 1 saturated carbocycles. The van der Waals surface area contributed by atoms with Gasteiger partial charge in [-0.2, -0.15) is 10.2 Å². The van der Waals surface area contributed by atoms with Gasteiger partial charge in [-0.05, 0) is 76.5 Å². The average molecular weight is 772 g/mol. The molecule has 4 amide bonds. The second kappa shape index (κ2) is 18.6. The average Bonchev–Trinajstić information content (AvgIpc) is 3.98. The molecular weight excluding hydrogens is 715 g/mol. The molecule has 1 unspecified atom stereocenters. The first kappa shape index (κ1) is 40.5. The molecule has 3 atom stereocenters. The molecule has 1 aromatic carbocycles. The van der Waals surface area contributed by atoms with E-state index in [1.807, 2.05) is 30.7 Å². The van der Waals surface area contributed by atoms with E-state index >= 15 is 0 Å². The summed E-state index contributed by atoms with van der Waals surface area (Å²) < 4.78 is 10.5. The summed E-state index contributed by atoms with van der Waals surface area (Å²) in [6, 6.07) is 7.29.